The zero-order valence-electron chi connectivity index (χ0n) is 22.1. The molecule has 1 aliphatic heterocycles. The van der Waals surface area contributed by atoms with Gasteiger partial charge in [0.1, 0.15) is 28.9 Å². The summed E-state index contributed by atoms with van der Waals surface area (Å²) >= 11 is 0. The van der Waals surface area contributed by atoms with E-state index in [4.69, 9.17) is 9.47 Å². The molecular formula is C25H30F6N6O2. The molecule has 214 valence electrons. The van der Waals surface area contributed by atoms with Gasteiger partial charge in [0, 0.05) is 41.0 Å². The number of hydrogen-bond donors (Lipinski definition) is 2. The van der Waals surface area contributed by atoms with Crippen LogP contribution in [0.4, 0.5) is 43.8 Å². The summed E-state index contributed by atoms with van der Waals surface area (Å²) in [4.78, 5) is 10.7. The van der Waals surface area contributed by atoms with Crippen molar-refractivity contribution in [3.05, 3.63) is 30.0 Å². The Balaban J connectivity index is 1.87. The quantitative estimate of drug-likeness (QED) is 0.378. The fourth-order valence-corrected chi connectivity index (χ4v) is 4.57. The van der Waals surface area contributed by atoms with Crippen molar-refractivity contribution in [1.29, 1.82) is 5.26 Å². The lowest BCUT2D eigenvalue weighted by molar-refractivity contribution is -0.153. The Hall–Kier alpha value is -3.47. The van der Waals surface area contributed by atoms with Gasteiger partial charge in [-0.25, -0.2) is 4.98 Å². The van der Waals surface area contributed by atoms with Crippen LogP contribution < -0.4 is 20.1 Å². The highest BCUT2D eigenvalue weighted by atomic mass is 19.4. The highest BCUT2D eigenvalue weighted by molar-refractivity contribution is 5.62. The minimum absolute atomic E-state index is 0.0177. The summed E-state index contributed by atoms with van der Waals surface area (Å²) in [6.45, 7) is 5.17. The fraction of sp³-hybridized carbons (Fsp3) is 0.560. The first-order valence-electron chi connectivity index (χ1n) is 12.0. The van der Waals surface area contributed by atoms with Crippen LogP contribution in [0.3, 0.4) is 0 Å². The maximum atomic E-state index is 12.6. The average Bonchev–Trinajstić information content (AvgIpc) is 2.79. The van der Waals surface area contributed by atoms with Gasteiger partial charge in [0.25, 0.3) is 0 Å². The largest absolute Gasteiger partial charge is 0.484 e. The molecule has 2 aromatic rings. The van der Waals surface area contributed by atoms with Crippen LogP contribution in [0.15, 0.2) is 24.4 Å². The van der Waals surface area contributed by atoms with Crippen LogP contribution in [0.25, 0.3) is 0 Å². The Morgan fingerprint density at radius 3 is 1.95 bits per heavy atom. The highest BCUT2D eigenvalue weighted by Crippen LogP contribution is 2.38. The number of halogens is 6. The number of alkyl halides is 6. The number of likely N-dealkylation sites (tertiary alicyclic amines) is 1. The second kappa shape index (κ2) is 11.0. The molecule has 0 unspecified atom stereocenters. The van der Waals surface area contributed by atoms with Crippen molar-refractivity contribution in [2.45, 2.75) is 70.0 Å². The number of anilines is 3. The van der Waals surface area contributed by atoms with E-state index >= 15 is 0 Å². The SMILES string of the molecule is CN1C(C)(C)CC(Nc2nc(Nc3cc(OCC(F)(F)F)cc(OCC(F)(F)F)c3)ncc2C#N)CC1(C)C. The lowest BCUT2D eigenvalue weighted by Gasteiger charge is -2.53. The van der Waals surface area contributed by atoms with Crippen molar-refractivity contribution in [3.63, 3.8) is 0 Å². The smallest absolute Gasteiger partial charge is 0.422 e. The van der Waals surface area contributed by atoms with Gasteiger partial charge in [-0.05, 0) is 47.6 Å². The van der Waals surface area contributed by atoms with Crippen LogP contribution in [0.1, 0.15) is 46.1 Å². The van der Waals surface area contributed by atoms with Gasteiger partial charge >= 0.3 is 12.4 Å². The molecule has 1 aliphatic rings. The summed E-state index contributed by atoms with van der Waals surface area (Å²) in [6, 6.07) is 5.19. The molecule has 1 aromatic heterocycles. The Morgan fingerprint density at radius 2 is 1.49 bits per heavy atom. The van der Waals surface area contributed by atoms with Crippen molar-refractivity contribution >= 4 is 17.5 Å². The molecule has 0 spiro atoms. The molecular weight excluding hydrogens is 530 g/mol. The van der Waals surface area contributed by atoms with E-state index in [1.807, 2.05) is 6.07 Å². The Labute approximate surface area is 222 Å². The zero-order valence-corrected chi connectivity index (χ0v) is 22.1. The average molecular weight is 561 g/mol. The lowest BCUT2D eigenvalue weighted by Crippen LogP contribution is -2.61. The maximum absolute atomic E-state index is 12.6. The van der Waals surface area contributed by atoms with Gasteiger partial charge < -0.3 is 20.1 Å². The summed E-state index contributed by atoms with van der Waals surface area (Å²) in [5.41, 5.74) is -0.107. The van der Waals surface area contributed by atoms with E-state index in [-0.39, 0.29) is 51.6 Å². The Kier molecular flexibility index (Phi) is 8.45. The van der Waals surface area contributed by atoms with Crippen molar-refractivity contribution in [3.8, 4) is 17.6 Å². The van der Waals surface area contributed by atoms with E-state index < -0.39 is 25.6 Å². The van der Waals surface area contributed by atoms with E-state index in [1.165, 1.54) is 6.20 Å². The topological polar surface area (TPSA) is 95.3 Å². The van der Waals surface area contributed by atoms with Crippen LogP contribution >= 0.6 is 0 Å². The molecule has 2 N–H and O–H groups in total. The molecule has 3 rings (SSSR count). The fourth-order valence-electron chi connectivity index (χ4n) is 4.57. The Morgan fingerprint density at radius 1 is 0.974 bits per heavy atom. The molecule has 0 atom stereocenters. The maximum Gasteiger partial charge on any atom is 0.422 e. The van der Waals surface area contributed by atoms with Gasteiger partial charge in [-0.2, -0.15) is 36.6 Å². The summed E-state index contributed by atoms with van der Waals surface area (Å²) in [5.74, 6) is -0.554. The molecule has 0 amide bonds. The predicted molar refractivity (Wildman–Crippen MR) is 132 cm³/mol. The van der Waals surface area contributed by atoms with E-state index in [9.17, 15) is 31.6 Å². The first kappa shape index (κ1) is 30.1. The van der Waals surface area contributed by atoms with Crippen LogP contribution in [0, 0.1) is 11.3 Å². The van der Waals surface area contributed by atoms with E-state index in [0.717, 1.165) is 31.0 Å². The third kappa shape index (κ3) is 8.51. The normalized spacial score (nSPS) is 17.8. The summed E-state index contributed by atoms with van der Waals surface area (Å²) in [5, 5.41) is 15.6. The first-order valence-corrected chi connectivity index (χ1v) is 12.0. The number of benzene rings is 1. The molecule has 0 bridgehead atoms. The van der Waals surface area contributed by atoms with E-state index in [0.29, 0.717) is 0 Å². The van der Waals surface area contributed by atoms with Crippen molar-refractivity contribution < 1.29 is 35.8 Å². The van der Waals surface area contributed by atoms with Crippen molar-refractivity contribution in [2.24, 2.45) is 0 Å². The van der Waals surface area contributed by atoms with Crippen LogP contribution in [-0.4, -0.2) is 64.6 Å². The standard InChI is InChI=1S/C25H30F6N6O2/c1-22(2)9-17(10-23(3,4)37(22)5)34-20-15(11-32)12-33-21(36-20)35-16-6-18(38-13-24(26,27)28)8-19(7-16)39-14-25(29,30)31/h6-8,12,17H,9-10,13-14H2,1-5H3,(H2,33,34,35,36). The van der Waals surface area contributed by atoms with Gasteiger partial charge in [-0.1, -0.05) is 0 Å². The second-order valence-electron chi connectivity index (χ2n) is 10.6. The third-order valence-electron chi connectivity index (χ3n) is 6.50. The number of ether oxygens (including phenoxy) is 2. The van der Waals surface area contributed by atoms with Gasteiger partial charge in [0.15, 0.2) is 13.2 Å². The number of rotatable bonds is 8. The molecule has 1 saturated heterocycles. The number of aromatic nitrogens is 2. The van der Waals surface area contributed by atoms with Crippen LogP contribution in [0.2, 0.25) is 0 Å². The van der Waals surface area contributed by atoms with Crippen molar-refractivity contribution in [1.82, 2.24) is 14.9 Å². The van der Waals surface area contributed by atoms with Gasteiger partial charge in [0.05, 0.1) is 6.20 Å². The first-order chi connectivity index (χ1) is 17.9. The monoisotopic (exact) mass is 560 g/mol. The molecule has 8 nitrogen and oxygen atoms in total. The molecule has 1 aromatic carbocycles. The van der Waals surface area contributed by atoms with E-state index in [1.54, 1.807) is 0 Å². The van der Waals surface area contributed by atoms with Crippen molar-refractivity contribution in [2.75, 3.05) is 30.9 Å². The number of nitriles is 1. The van der Waals surface area contributed by atoms with Crippen LogP contribution in [-0.2, 0) is 0 Å². The Bertz CT molecular complexity index is 1150. The highest BCUT2D eigenvalue weighted by Gasteiger charge is 2.43. The van der Waals surface area contributed by atoms with Gasteiger partial charge in [-0.3, -0.25) is 4.90 Å². The lowest BCUT2D eigenvalue weighted by atomic mass is 9.77. The second-order valence-corrected chi connectivity index (χ2v) is 10.6. The molecule has 1 fully saturated rings. The summed E-state index contributed by atoms with van der Waals surface area (Å²) in [6.07, 6.45) is -6.55. The molecule has 39 heavy (non-hydrogen) atoms. The number of piperidine rings is 1. The molecule has 0 saturated carbocycles. The summed E-state index contributed by atoms with van der Waals surface area (Å²) in [7, 11) is 2.06. The molecule has 0 aliphatic carbocycles. The minimum atomic E-state index is -4.66. The number of hydrogen-bond acceptors (Lipinski definition) is 8. The third-order valence-corrected chi connectivity index (χ3v) is 6.50. The minimum Gasteiger partial charge on any atom is -0.484 e. The van der Waals surface area contributed by atoms with E-state index in [2.05, 4.69) is 60.2 Å². The number of nitrogens with zero attached hydrogens (tertiary/aromatic N) is 4. The van der Waals surface area contributed by atoms with Gasteiger partial charge in [0.2, 0.25) is 5.95 Å². The molecule has 2 heterocycles. The van der Waals surface area contributed by atoms with Gasteiger partial charge in [-0.15, -0.1) is 0 Å². The predicted octanol–water partition coefficient (Wildman–Crippen LogP) is 6.04. The molecule has 0 radical (unpaired) electrons. The molecule has 14 heteroatoms. The zero-order chi connectivity index (χ0) is 29.2. The van der Waals surface area contributed by atoms with Crippen LogP contribution in [0.5, 0.6) is 11.5 Å². The number of nitrogens with one attached hydrogen (secondary N) is 2. The summed E-state index contributed by atoms with van der Waals surface area (Å²) < 4.78 is 85.3.